The number of piperidine rings is 1. The lowest BCUT2D eigenvalue weighted by atomic mass is 9.98. The van der Waals surface area contributed by atoms with Crippen molar-refractivity contribution in [3.05, 3.63) is 65.7 Å². The van der Waals surface area contributed by atoms with Gasteiger partial charge in [0.2, 0.25) is 0 Å². The average molecular weight is 436 g/mol. The second-order valence-corrected chi connectivity index (χ2v) is 8.70. The molecule has 7 nitrogen and oxygen atoms in total. The summed E-state index contributed by atoms with van der Waals surface area (Å²) in [5, 5.41) is 13.4. The summed E-state index contributed by atoms with van der Waals surface area (Å²) in [6.07, 6.45) is 4.29. The monoisotopic (exact) mass is 435 g/mol. The van der Waals surface area contributed by atoms with Crippen molar-refractivity contribution in [2.75, 3.05) is 44.2 Å². The van der Waals surface area contributed by atoms with E-state index in [1.54, 1.807) is 6.21 Å². The van der Waals surface area contributed by atoms with E-state index >= 15 is 0 Å². The first-order chi connectivity index (χ1) is 15.6. The third-order valence-electron chi connectivity index (χ3n) is 6.81. The third kappa shape index (κ3) is 5.47. The van der Waals surface area contributed by atoms with Crippen LogP contribution in [0.15, 0.2) is 59.7 Å². The Morgan fingerprint density at radius 2 is 1.66 bits per heavy atom. The highest BCUT2D eigenvalue weighted by atomic mass is 16.4. The number of nitrogens with zero attached hydrogens (tertiary/aromatic N) is 4. The van der Waals surface area contributed by atoms with Gasteiger partial charge in [-0.25, -0.2) is 0 Å². The van der Waals surface area contributed by atoms with Crippen molar-refractivity contribution >= 4 is 17.9 Å². The molecule has 2 aliphatic rings. The second kappa shape index (κ2) is 10.6. The number of benzene rings is 2. The predicted molar refractivity (Wildman–Crippen MR) is 128 cm³/mol. The van der Waals surface area contributed by atoms with Gasteiger partial charge in [0.15, 0.2) is 0 Å². The van der Waals surface area contributed by atoms with Crippen LogP contribution in [-0.4, -0.2) is 78.4 Å². The number of nitrogens with two attached hydrogens (primary N) is 1. The number of carboxylic acids is 1. The molecule has 4 rings (SSSR count). The van der Waals surface area contributed by atoms with Crippen LogP contribution in [0, 0.1) is 0 Å². The van der Waals surface area contributed by atoms with Gasteiger partial charge in [0.05, 0.1) is 6.21 Å². The third-order valence-corrected chi connectivity index (χ3v) is 6.81. The standard InChI is InChI=1S/C25H33N5O2/c26-27-19-21-6-8-22(9-7-21)28-14-16-29(17-15-28)23-10-12-30(13-11-23)24(25(31)32)18-20-4-2-1-3-5-20/h1-9,19,23-24H,10-18,26H2,(H,31,32). The lowest BCUT2D eigenvalue weighted by Crippen LogP contribution is -2.55. The Bertz CT molecular complexity index is 886. The van der Waals surface area contributed by atoms with Gasteiger partial charge < -0.3 is 15.8 Å². The summed E-state index contributed by atoms with van der Waals surface area (Å²) in [5.74, 6) is 4.51. The highest BCUT2D eigenvalue weighted by molar-refractivity contribution is 5.80. The van der Waals surface area contributed by atoms with Crippen LogP contribution in [0.25, 0.3) is 0 Å². The molecule has 1 atom stereocenters. The number of hydrazone groups is 1. The van der Waals surface area contributed by atoms with Gasteiger partial charge in [-0.15, -0.1) is 0 Å². The van der Waals surface area contributed by atoms with Crippen LogP contribution in [0.4, 0.5) is 5.69 Å². The lowest BCUT2D eigenvalue weighted by molar-refractivity contribution is -0.144. The summed E-state index contributed by atoms with van der Waals surface area (Å²) in [5.41, 5.74) is 3.33. The summed E-state index contributed by atoms with van der Waals surface area (Å²) in [7, 11) is 0. The number of aliphatic carboxylic acids is 1. The molecule has 7 heteroatoms. The molecule has 2 aromatic rings. The molecule has 2 aromatic carbocycles. The zero-order chi connectivity index (χ0) is 22.3. The highest BCUT2D eigenvalue weighted by Gasteiger charge is 2.32. The number of rotatable bonds is 7. The lowest BCUT2D eigenvalue weighted by Gasteiger charge is -2.44. The number of anilines is 1. The van der Waals surface area contributed by atoms with Gasteiger partial charge in [-0.3, -0.25) is 14.6 Å². The van der Waals surface area contributed by atoms with Gasteiger partial charge in [-0.1, -0.05) is 42.5 Å². The molecule has 2 aliphatic heterocycles. The molecule has 2 heterocycles. The zero-order valence-electron chi connectivity index (χ0n) is 18.5. The molecular weight excluding hydrogens is 402 g/mol. The molecule has 0 amide bonds. The SMILES string of the molecule is NN=Cc1ccc(N2CCN(C3CCN(C(Cc4ccccc4)C(=O)O)CC3)CC2)cc1. The molecule has 1 unspecified atom stereocenters. The van der Waals surface area contributed by atoms with E-state index < -0.39 is 12.0 Å². The predicted octanol–water partition coefficient (Wildman–Crippen LogP) is 2.26. The number of carboxylic acid groups (broad SMARTS) is 1. The zero-order valence-corrected chi connectivity index (χ0v) is 18.5. The van der Waals surface area contributed by atoms with E-state index in [4.69, 9.17) is 5.84 Å². The van der Waals surface area contributed by atoms with E-state index in [0.717, 1.165) is 63.2 Å². The van der Waals surface area contributed by atoms with E-state index in [0.29, 0.717) is 12.5 Å². The molecule has 0 aromatic heterocycles. The Morgan fingerprint density at radius 3 is 2.25 bits per heavy atom. The number of hydrogen-bond donors (Lipinski definition) is 2. The van der Waals surface area contributed by atoms with Crippen LogP contribution in [0.5, 0.6) is 0 Å². The fourth-order valence-electron chi connectivity index (χ4n) is 4.98. The summed E-state index contributed by atoms with van der Waals surface area (Å²) in [6.45, 7) is 5.80. The van der Waals surface area contributed by atoms with Crippen molar-refractivity contribution in [3.63, 3.8) is 0 Å². The first-order valence-electron chi connectivity index (χ1n) is 11.5. The van der Waals surface area contributed by atoms with Gasteiger partial charge in [0, 0.05) is 51.0 Å². The van der Waals surface area contributed by atoms with Gasteiger partial charge in [-0.05, 0) is 42.5 Å². The normalized spacial score (nSPS) is 19.9. The molecule has 3 N–H and O–H groups in total. The molecular formula is C25H33N5O2. The van der Waals surface area contributed by atoms with Crippen LogP contribution in [-0.2, 0) is 11.2 Å². The van der Waals surface area contributed by atoms with Crippen LogP contribution in [0.3, 0.4) is 0 Å². The van der Waals surface area contributed by atoms with Crippen LogP contribution in [0.2, 0.25) is 0 Å². The van der Waals surface area contributed by atoms with Crippen LogP contribution < -0.4 is 10.7 Å². The molecule has 170 valence electrons. The Balaban J connectivity index is 1.27. The fraction of sp³-hybridized carbons (Fsp3) is 0.440. The number of carbonyl (C=O) groups is 1. The topological polar surface area (TPSA) is 85.4 Å². The van der Waals surface area contributed by atoms with Crippen molar-refractivity contribution in [2.45, 2.75) is 31.3 Å². The molecule has 0 saturated carbocycles. The van der Waals surface area contributed by atoms with Crippen molar-refractivity contribution in [2.24, 2.45) is 10.9 Å². The number of piperazine rings is 1. The summed E-state index contributed by atoms with van der Waals surface area (Å²) < 4.78 is 0. The minimum absolute atomic E-state index is 0.442. The van der Waals surface area contributed by atoms with E-state index in [1.165, 1.54) is 5.69 Å². The number of likely N-dealkylation sites (tertiary alicyclic amines) is 1. The van der Waals surface area contributed by atoms with Crippen molar-refractivity contribution in [1.29, 1.82) is 0 Å². The van der Waals surface area contributed by atoms with Crippen molar-refractivity contribution in [3.8, 4) is 0 Å². The first kappa shape index (κ1) is 22.3. The molecule has 0 radical (unpaired) electrons. The first-order valence-corrected chi connectivity index (χ1v) is 11.5. The van der Waals surface area contributed by atoms with Crippen molar-refractivity contribution < 1.29 is 9.90 Å². The highest BCUT2D eigenvalue weighted by Crippen LogP contribution is 2.23. The maximum atomic E-state index is 11.9. The smallest absolute Gasteiger partial charge is 0.321 e. The van der Waals surface area contributed by atoms with Crippen molar-refractivity contribution in [1.82, 2.24) is 9.80 Å². The maximum absolute atomic E-state index is 11.9. The summed E-state index contributed by atoms with van der Waals surface area (Å²) >= 11 is 0. The van der Waals surface area contributed by atoms with Gasteiger partial charge in [-0.2, -0.15) is 5.10 Å². The number of hydrogen-bond acceptors (Lipinski definition) is 6. The minimum atomic E-state index is -0.718. The summed E-state index contributed by atoms with van der Waals surface area (Å²) in [4.78, 5) is 19.1. The molecule has 0 aliphatic carbocycles. The van der Waals surface area contributed by atoms with Crippen LogP contribution >= 0.6 is 0 Å². The van der Waals surface area contributed by atoms with Gasteiger partial charge >= 0.3 is 5.97 Å². The fourth-order valence-corrected chi connectivity index (χ4v) is 4.98. The van der Waals surface area contributed by atoms with E-state index in [9.17, 15) is 9.90 Å². The van der Waals surface area contributed by atoms with Gasteiger partial charge in [0.1, 0.15) is 6.04 Å². The largest absolute Gasteiger partial charge is 0.480 e. The van der Waals surface area contributed by atoms with E-state index in [2.05, 4.69) is 31.9 Å². The Labute approximate surface area is 190 Å². The quantitative estimate of drug-likeness (QED) is 0.394. The second-order valence-electron chi connectivity index (χ2n) is 8.70. The summed E-state index contributed by atoms with van der Waals surface area (Å²) in [6, 6.07) is 18.4. The molecule has 2 saturated heterocycles. The Hall–Kier alpha value is -2.90. The van der Waals surface area contributed by atoms with Crippen LogP contribution in [0.1, 0.15) is 24.0 Å². The Morgan fingerprint density at radius 1 is 1.00 bits per heavy atom. The molecule has 0 spiro atoms. The maximum Gasteiger partial charge on any atom is 0.321 e. The minimum Gasteiger partial charge on any atom is -0.480 e. The molecule has 2 fully saturated rings. The Kier molecular flexibility index (Phi) is 7.39. The van der Waals surface area contributed by atoms with E-state index in [-0.39, 0.29) is 0 Å². The van der Waals surface area contributed by atoms with Gasteiger partial charge in [0.25, 0.3) is 0 Å². The molecule has 0 bridgehead atoms. The van der Waals surface area contributed by atoms with E-state index in [1.807, 2.05) is 42.5 Å². The average Bonchev–Trinajstić information content (AvgIpc) is 2.84. The molecule has 32 heavy (non-hydrogen) atoms.